The van der Waals surface area contributed by atoms with Crippen molar-refractivity contribution in [3.05, 3.63) is 56.9 Å². The molecule has 0 aliphatic heterocycles. The van der Waals surface area contributed by atoms with Crippen LogP contribution >= 0.6 is 23.4 Å². The van der Waals surface area contributed by atoms with Gasteiger partial charge in [0.05, 0.1) is 16.4 Å². The van der Waals surface area contributed by atoms with Gasteiger partial charge in [-0.15, -0.1) is 0 Å². The van der Waals surface area contributed by atoms with Crippen molar-refractivity contribution in [3.8, 4) is 0 Å². The average Bonchev–Trinajstić information content (AvgIpc) is 2.95. The first-order valence-electron chi connectivity index (χ1n) is 9.39. The molecule has 1 saturated carbocycles. The van der Waals surface area contributed by atoms with E-state index in [1.807, 2.05) is 0 Å². The molecular formula is C20H23ClN4OS. The molecule has 3 heterocycles. The minimum atomic E-state index is -0.110. The molecule has 0 N–H and O–H groups in total. The van der Waals surface area contributed by atoms with E-state index in [0.717, 1.165) is 16.5 Å². The summed E-state index contributed by atoms with van der Waals surface area (Å²) in [6.45, 7) is 4.23. The quantitative estimate of drug-likeness (QED) is 0.579. The van der Waals surface area contributed by atoms with Gasteiger partial charge in [-0.3, -0.25) is 9.20 Å². The van der Waals surface area contributed by atoms with Crippen molar-refractivity contribution in [1.29, 1.82) is 0 Å². The molecule has 0 radical (unpaired) electrons. The van der Waals surface area contributed by atoms with Gasteiger partial charge in [0.2, 0.25) is 0 Å². The molecule has 3 aromatic rings. The van der Waals surface area contributed by atoms with Gasteiger partial charge in [0.15, 0.2) is 5.16 Å². The summed E-state index contributed by atoms with van der Waals surface area (Å²) in [5.74, 6) is 0.622. The predicted octanol–water partition coefficient (Wildman–Crippen LogP) is 4.96. The first-order valence-corrected chi connectivity index (χ1v) is 10.8. The zero-order valence-electron chi connectivity index (χ0n) is 15.6. The normalized spacial score (nSPS) is 15.5. The summed E-state index contributed by atoms with van der Waals surface area (Å²) in [6, 6.07) is 5.65. The Labute approximate surface area is 167 Å². The highest BCUT2D eigenvalue weighted by Crippen LogP contribution is 2.34. The third kappa shape index (κ3) is 3.78. The lowest BCUT2D eigenvalue weighted by Crippen LogP contribution is -2.16. The Bertz CT molecular complexity index is 1040. The van der Waals surface area contributed by atoms with Gasteiger partial charge in [0.1, 0.15) is 5.65 Å². The van der Waals surface area contributed by atoms with E-state index >= 15 is 0 Å². The van der Waals surface area contributed by atoms with Crippen molar-refractivity contribution >= 4 is 29.0 Å². The van der Waals surface area contributed by atoms with Crippen molar-refractivity contribution in [2.75, 3.05) is 0 Å². The number of fused-ring (bicyclic) bond motifs is 1. The smallest absolute Gasteiger partial charge is 0.258 e. The number of pyridine rings is 1. The van der Waals surface area contributed by atoms with Gasteiger partial charge in [-0.1, -0.05) is 42.6 Å². The molecule has 5 nitrogen and oxygen atoms in total. The maximum atomic E-state index is 12.4. The second-order valence-corrected chi connectivity index (χ2v) is 8.56. The number of thioether (sulfide) groups is 1. The molecule has 0 aromatic carbocycles. The zero-order valence-corrected chi connectivity index (χ0v) is 17.2. The standard InChI is InChI=1S/C20H23ClN4OS/c1-13-14(2)25(17-6-4-3-5-7-17)20(22-13)27-12-16-10-19(26)24-11-15(21)8-9-18(24)23-16/h8-11,17H,3-7,12H2,1-2H3. The highest BCUT2D eigenvalue weighted by Gasteiger charge is 2.22. The third-order valence-corrected chi connectivity index (χ3v) is 6.53. The monoisotopic (exact) mass is 402 g/mol. The fourth-order valence-corrected chi connectivity index (χ4v) is 5.02. The first kappa shape index (κ1) is 18.6. The maximum Gasteiger partial charge on any atom is 0.258 e. The number of hydrogen-bond acceptors (Lipinski definition) is 4. The Morgan fingerprint density at radius 1 is 1.19 bits per heavy atom. The fourth-order valence-electron chi connectivity index (χ4n) is 3.81. The fraction of sp³-hybridized carbons (Fsp3) is 0.450. The number of nitrogens with zero attached hydrogens (tertiary/aromatic N) is 4. The Morgan fingerprint density at radius 2 is 1.96 bits per heavy atom. The summed E-state index contributed by atoms with van der Waals surface area (Å²) in [6.07, 6.45) is 7.96. The lowest BCUT2D eigenvalue weighted by Gasteiger charge is -2.26. The van der Waals surface area contributed by atoms with Crippen molar-refractivity contribution in [2.45, 2.75) is 62.9 Å². The topological polar surface area (TPSA) is 52.2 Å². The minimum absolute atomic E-state index is 0.110. The number of aromatic nitrogens is 4. The van der Waals surface area contributed by atoms with E-state index in [2.05, 4.69) is 23.4 Å². The van der Waals surface area contributed by atoms with Crippen LogP contribution in [0.25, 0.3) is 5.65 Å². The number of hydrogen-bond donors (Lipinski definition) is 0. The van der Waals surface area contributed by atoms with Crippen LogP contribution in [0.2, 0.25) is 5.02 Å². The summed E-state index contributed by atoms with van der Waals surface area (Å²) in [7, 11) is 0. The van der Waals surface area contributed by atoms with E-state index in [4.69, 9.17) is 16.6 Å². The predicted molar refractivity (Wildman–Crippen MR) is 110 cm³/mol. The summed E-state index contributed by atoms with van der Waals surface area (Å²) >= 11 is 7.64. The van der Waals surface area contributed by atoms with E-state index < -0.39 is 0 Å². The first-order chi connectivity index (χ1) is 13.0. The minimum Gasteiger partial charge on any atom is -0.320 e. The molecule has 0 bridgehead atoms. The highest BCUT2D eigenvalue weighted by atomic mass is 35.5. The number of halogens is 1. The SMILES string of the molecule is Cc1nc(SCc2cc(=O)n3cc(Cl)ccc3n2)n(C2CCCCC2)c1C. The van der Waals surface area contributed by atoms with Crippen molar-refractivity contribution < 1.29 is 0 Å². The summed E-state index contributed by atoms with van der Waals surface area (Å²) in [5, 5.41) is 1.56. The van der Waals surface area contributed by atoms with Gasteiger partial charge in [-0.25, -0.2) is 9.97 Å². The molecular weight excluding hydrogens is 380 g/mol. The Hall–Kier alpha value is -1.79. The highest BCUT2D eigenvalue weighted by molar-refractivity contribution is 7.98. The zero-order chi connectivity index (χ0) is 19.0. The number of imidazole rings is 1. The van der Waals surface area contributed by atoms with E-state index in [9.17, 15) is 4.79 Å². The van der Waals surface area contributed by atoms with Crippen LogP contribution in [0.1, 0.15) is 55.2 Å². The van der Waals surface area contributed by atoms with Crippen LogP contribution in [0, 0.1) is 13.8 Å². The molecule has 1 fully saturated rings. The Balaban J connectivity index is 1.60. The van der Waals surface area contributed by atoms with E-state index in [-0.39, 0.29) is 5.56 Å². The molecule has 1 aliphatic carbocycles. The summed E-state index contributed by atoms with van der Waals surface area (Å²) in [5.41, 5.74) is 3.61. The molecule has 0 saturated heterocycles. The molecule has 3 aromatic heterocycles. The van der Waals surface area contributed by atoms with Crippen molar-refractivity contribution in [1.82, 2.24) is 18.9 Å². The number of aryl methyl sites for hydroxylation is 1. The largest absolute Gasteiger partial charge is 0.320 e. The van der Waals surface area contributed by atoms with Gasteiger partial charge in [0.25, 0.3) is 5.56 Å². The van der Waals surface area contributed by atoms with E-state index in [1.54, 1.807) is 36.2 Å². The van der Waals surface area contributed by atoms with Crippen LogP contribution in [-0.2, 0) is 5.75 Å². The van der Waals surface area contributed by atoms with Crippen LogP contribution in [-0.4, -0.2) is 18.9 Å². The lowest BCUT2D eigenvalue weighted by atomic mass is 9.95. The Morgan fingerprint density at radius 3 is 2.74 bits per heavy atom. The van der Waals surface area contributed by atoms with Crippen LogP contribution in [0.5, 0.6) is 0 Å². The summed E-state index contributed by atoms with van der Waals surface area (Å²) < 4.78 is 3.89. The second kappa shape index (κ2) is 7.68. The molecule has 0 spiro atoms. The molecule has 7 heteroatoms. The van der Waals surface area contributed by atoms with Gasteiger partial charge < -0.3 is 4.57 Å². The van der Waals surface area contributed by atoms with Crippen LogP contribution in [0.15, 0.2) is 34.3 Å². The summed E-state index contributed by atoms with van der Waals surface area (Å²) in [4.78, 5) is 21.8. The molecule has 27 heavy (non-hydrogen) atoms. The van der Waals surface area contributed by atoms with Gasteiger partial charge >= 0.3 is 0 Å². The second-order valence-electron chi connectivity index (χ2n) is 7.18. The van der Waals surface area contributed by atoms with Crippen LogP contribution < -0.4 is 5.56 Å². The molecule has 0 amide bonds. The lowest BCUT2D eigenvalue weighted by molar-refractivity contribution is 0.332. The van der Waals surface area contributed by atoms with E-state index in [0.29, 0.717) is 22.5 Å². The molecule has 1 aliphatic rings. The van der Waals surface area contributed by atoms with Crippen molar-refractivity contribution in [3.63, 3.8) is 0 Å². The van der Waals surface area contributed by atoms with Gasteiger partial charge in [0, 0.05) is 29.8 Å². The van der Waals surface area contributed by atoms with Crippen LogP contribution in [0.3, 0.4) is 0 Å². The van der Waals surface area contributed by atoms with Gasteiger partial charge in [-0.05, 0) is 38.8 Å². The molecule has 0 unspecified atom stereocenters. The maximum absolute atomic E-state index is 12.4. The molecule has 4 rings (SSSR count). The van der Waals surface area contributed by atoms with E-state index in [1.165, 1.54) is 42.2 Å². The third-order valence-electron chi connectivity index (χ3n) is 5.32. The Kier molecular flexibility index (Phi) is 5.28. The molecule has 0 atom stereocenters. The van der Waals surface area contributed by atoms with Crippen LogP contribution in [0.4, 0.5) is 0 Å². The molecule has 142 valence electrons. The average molecular weight is 403 g/mol. The number of rotatable bonds is 4. The van der Waals surface area contributed by atoms with Gasteiger partial charge in [-0.2, -0.15) is 0 Å². The van der Waals surface area contributed by atoms with Crippen molar-refractivity contribution in [2.24, 2.45) is 0 Å².